The number of ether oxygens (including phenoxy) is 2. The Kier molecular flexibility index (Phi) is 4.99. The van der Waals surface area contributed by atoms with Crippen LogP contribution in [0.15, 0.2) is 48.5 Å². The van der Waals surface area contributed by atoms with E-state index in [9.17, 15) is 10.4 Å². The van der Waals surface area contributed by atoms with Gasteiger partial charge in [0.25, 0.3) is 0 Å². The molecule has 1 aliphatic heterocycles. The largest absolute Gasteiger partial charge is 0.504 e. The van der Waals surface area contributed by atoms with Gasteiger partial charge in [-0.1, -0.05) is 36.4 Å². The van der Waals surface area contributed by atoms with Crippen LogP contribution in [-0.4, -0.2) is 36.8 Å². The molecule has 5 nitrogen and oxygen atoms in total. The number of hydrogen-bond acceptors (Lipinski definition) is 5. The van der Waals surface area contributed by atoms with Gasteiger partial charge in [0.2, 0.25) is 0 Å². The summed E-state index contributed by atoms with van der Waals surface area (Å²) < 4.78 is 11.0. The molecule has 0 spiro atoms. The van der Waals surface area contributed by atoms with Gasteiger partial charge in [-0.15, -0.1) is 0 Å². The smallest absolute Gasteiger partial charge is 0.160 e. The highest BCUT2D eigenvalue weighted by Crippen LogP contribution is 2.33. The van der Waals surface area contributed by atoms with Gasteiger partial charge in [-0.2, -0.15) is 5.26 Å². The maximum Gasteiger partial charge on any atom is 0.160 e. The van der Waals surface area contributed by atoms with E-state index in [1.165, 1.54) is 7.11 Å². The first-order valence-corrected chi connectivity index (χ1v) is 7.90. The Hall–Kier alpha value is -2.55. The van der Waals surface area contributed by atoms with Crippen molar-refractivity contribution in [3.8, 4) is 17.6 Å². The third-order valence-electron chi connectivity index (χ3n) is 4.28. The molecule has 2 aromatic rings. The van der Waals surface area contributed by atoms with Crippen molar-refractivity contribution in [3.05, 3.63) is 59.7 Å². The molecule has 0 saturated carbocycles. The Morgan fingerprint density at radius 3 is 2.79 bits per heavy atom. The molecule has 0 radical (unpaired) electrons. The first kappa shape index (κ1) is 16.3. The van der Waals surface area contributed by atoms with Gasteiger partial charge in [-0.25, -0.2) is 0 Å². The molecule has 1 N–H and O–H groups in total. The number of aromatic hydroxyl groups is 1. The molecule has 0 aromatic heterocycles. The molecule has 2 aromatic carbocycles. The van der Waals surface area contributed by atoms with Crippen molar-refractivity contribution in [2.24, 2.45) is 0 Å². The number of hydrogen-bond donors (Lipinski definition) is 1. The van der Waals surface area contributed by atoms with Crippen molar-refractivity contribution in [1.82, 2.24) is 4.90 Å². The van der Waals surface area contributed by atoms with Gasteiger partial charge in [0.15, 0.2) is 11.5 Å². The van der Waals surface area contributed by atoms with Gasteiger partial charge in [-0.05, 0) is 23.3 Å². The zero-order valence-corrected chi connectivity index (χ0v) is 13.6. The quantitative estimate of drug-likeness (QED) is 0.936. The topological polar surface area (TPSA) is 65.7 Å². The lowest BCUT2D eigenvalue weighted by atomic mass is 10.0. The van der Waals surface area contributed by atoms with Crippen molar-refractivity contribution >= 4 is 0 Å². The second-order valence-corrected chi connectivity index (χ2v) is 5.73. The van der Waals surface area contributed by atoms with E-state index < -0.39 is 6.04 Å². The van der Waals surface area contributed by atoms with Gasteiger partial charge in [0.05, 0.1) is 25.9 Å². The van der Waals surface area contributed by atoms with Crippen LogP contribution in [0.5, 0.6) is 11.5 Å². The highest BCUT2D eigenvalue weighted by molar-refractivity contribution is 5.43. The number of nitriles is 1. The van der Waals surface area contributed by atoms with Crippen molar-refractivity contribution in [3.63, 3.8) is 0 Å². The van der Waals surface area contributed by atoms with Gasteiger partial charge in [0, 0.05) is 13.1 Å². The van der Waals surface area contributed by atoms with Crippen molar-refractivity contribution in [2.75, 3.05) is 26.8 Å². The molecule has 0 aliphatic carbocycles. The van der Waals surface area contributed by atoms with E-state index in [2.05, 4.69) is 11.0 Å². The van der Waals surface area contributed by atoms with Gasteiger partial charge in [-0.3, -0.25) is 4.90 Å². The molecule has 1 fully saturated rings. The van der Waals surface area contributed by atoms with Crippen molar-refractivity contribution in [1.29, 1.82) is 5.26 Å². The molecule has 0 amide bonds. The van der Waals surface area contributed by atoms with Crippen molar-refractivity contribution in [2.45, 2.75) is 12.1 Å². The molecule has 0 bridgehead atoms. The molecule has 1 heterocycles. The number of phenolic OH excluding ortho intramolecular Hbond substituents is 1. The Morgan fingerprint density at radius 1 is 1.29 bits per heavy atom. The number of phenols is 1. The van der Waals surface area contributed by atoms with E-state index >= 15 is 0 Å². The van der Waals surface area contributed by atoms with Gasteiger partial charge in [0.1, 0.15) is 6.04 Å². The molecule has 1 saturated heterocycles. The normalized spacial score (nSPS) is 19.4. The minimum Gasteiger partial charge on any atom is -0.504 e. The zero-order chi connectivity index (χ0) is 16.9. The highest BCUT2D eigenvalue weighted by atomic mass is 16.5. The number of benzene rings is 2. The van der Waals surface area contributed by atoms with E-state index in [-0.39, 0.29) is 11.9 Å². The summed E-state index contributed by atoms with van der Waals surface area (Å²) in [6.07, 6.45) is -0.0465. The molecule has 5 heteroatoms. The summed E-state index contributed by atoms with van der Waals surface area (Å²) in [7, 11) is 1.50. The summed E-state index contributed by atoms with van der Waals surface area (Å²) >= 11 is 0. The fraction of sp³-hybridized carbons (Fsp3) is 0.316. The van der Waals surface area contributed by atoms with Gasteiger partial charge < -0.3 is 14.6 Å². The average Bonchev–Trinajstić information content (AvgIpc) is 2.64. The summed E-state index contributed by atoms with van der Waals surface area (Å²) in [4.78, 5) is 2.10. The first-order chi connectivity index (χ1) is 11.7. The summed E-state index contributed by atoms with van der Waals surface area (Å²) in [6, 6.07) is 17.0. The second kappa shape index (κ2) is 7.35. The Morgan fingerprint density at radius 2 is 2.08 bits per heavy atom. The molecule has 0 unspecified atom stereocenters. The van der Waals surface area contributed by atoms with E-state index in [0.29, 0.717) is 25.4 Å². The van der Waals surface area contributed by atoms with E-state index in [1.54, 1.807) is 18.2 Å². The lowest BCUT2D eigenvalue weighted by molar-refractivity contribution is -0.0383. The van der Waals surface area contributed by atoms with Crippen LogP contribution >= 0.6 is 0 Å². The Bertz CT molecular complexity index is 727. The molecule has 2 atom stereocenters. The number of rotatable bonds is 4. The predicted molar refractivity (Wildman–Crippen MR) is 89.7 cm³/mol. The summed E-state index contributed by atoms with van der Waals surface area (Å²) in [5.41, 5.74) is 1.92. The standard InChI is InChI=1S/C19H20N2O3/c1-23-18-11-15(7-8-17(18)22)16(12-20)21-9-10-24-19(13-21)14-5-3-2-4-6-14/h2-8,11,16,19,22H,9-10,13H2,1H3/t16-,19-/m0/s1. The van der Waals surface area contributed by atoms with Crippen LogP contribution < -0.4 is 4.74 Å². The minimum atomic E-state index is -0.408. The van der Waals surface area contributed by atoms with Crippen LogP contribution in [-0.2, 0) is 4.74 Å². The summed E-state index contributed by atoms with van der Waals surface area (Å²) in [6.45, 7) is 1.91. The van der Waals surface area contributed by atoms with E-state index in [0.717, 1.165) is 11.1 Å². The fourth-order valence-electron chi connectivity index (χ4n) is 3.00. The van der Waals surface area contributed by atoms with Crippen LogP contribution in [0.3, 0.4) is 0 Å². The molecule has 124 valence electrons. The lowest BCUT2D eigenvalue weighted by Crippen LogP contribution is -2.40. The minimum absolute atomic E-state index is 0.0465. The molecular weight excluding hydrogens is 304 g/mol. The maximum absolute atomic E-state index is 9.75. The average molecular weight is 324 g/mol. The fourth-order valence-corrected chi connectivity index (χ4v) is 3.00. The van der Waals surface area contributed by atoms with Gasteiger partial charge >= 0.3 is 0 Å². The molecule has 1 aliphatic rings. The third-order valence-corrected chi connectivity index (χ3v) is 4.28. The number of nitrogens with zero attached hydrogens (tertiary/aromatic N) is 2. The number of morpholine rings is 1. The second-order valence-electron chi connectivity index (χ2n) is 5.73. The van der Waals surface area contributed by atoms with Crippen LogP contribution in [0.1, 0.15) is 23.3 Å². The lowest BCUT2D eigenvalue weighted by Gasteiger charge is -2.36. The van der Waals surface area contributed by atoms with Crippen molar-refractivity contribution < 1.29 is 14.6 Å². The SMILES string of the molecule is COc1cc([C@H](C#N)N2CCO[C@H](c3ccccc3)C2)ccc1O. The Labute approximate surface area is 141 Å². The number of methoxy groups -OCH3 is 1. The third kappa shape index (κ3) is 3.35. The highest BCUT2D eigenvalue weighted by Gasteiger charge is 2.28. The summed E-state index contributed by atoms with van der Waals surface area (Å²) in [5, 5.41) is 19.4. The molecular formula is C19H20N2O3. The predicted octanol–water partition coefficient (Wildman–Crippen LogP) is 3.04. The maximum atomic E-state index is 9.75. The zero-order valence-electron chi connectivity index (χ0n) is 13.6. The Balaban J connectivity index is 1.82. The van der Waals surface area contributed by atoms with Crippen LogP contribution in [0.4, 0.5) is 0 Å². The molecule has 24 heavy (non-hydrogen) atoms. The monoisotopic (exact) mass is 324 g/mol. The van der Waals surface area contributed by atoms with Crippen LogP contribution in [0.2, 0.25) is 0 Å². The van der Waals surface area contributed by atoms with Crippen LogP contribution in [0, 0.1) is 11.3 Å². The molecule has 3 rings (SSSR count). The summed E-state index contributed by atoms with van der Waals surface area (Å²) in [5.74, 6) is 0.447. The van der Waals surface area contributed by atoms with E-state index in [1.807, 2.05) is 30.3 Å². The van der Waals surface area contributed by atoms with E-state index in [4.69, 9.17) is 9.47 Å². The first-order valence-electron chi connectivity index (χ1n) is 7.90. The van der Waals surface area contributed by atoms with Crippen LogP contribution in [0.25, 0.3) is 0 Å².